The van der Waals surface area contributed by atoms with E-state index in [1.165, 1.54) is 21.3 Å². The highest BCUT2D eigenvalue weighted by atomic mass is 16.5. The number of likely N-dealkylation sites (tertiary alicyclic amines) is 1. The van der Waals surface area contributed by atoms with Crippen molar-refractivity contribution in [2.75, 3.05) is 33.2 Å². The molecule has 1 aromatic carbocycles. The Bertz CT molecular complexity index is 808. The van der Waals surface area contributed by atoms with Crippen molar-refractivity contribution >= 4 is 11.7 Å². The van der Waals surface area contributed by atoms with Gasteiger partial charge in [-0.2, -0.15) is 0 Å². The zero-order valence-corrected chi connectivity index (χ0v) is 16.9. The van der Waals surface area contributed by atoms with E-state index in [0.717, 1.165) is 24.3 Å². The molecule has 0 radical (unpaired) electrons. The van der Waals surface area contributed by atoms with E-state index in [9.17, 15) is 4.79 Å². The van der Waals surface area contributed by atoms with E-state index >= 15 is 0 Å². The Hall–Kier alpha value is -2.90. The second-order valence-corrected chi connectivity index (χ2v) is 7.00. The summed E-state index contributed by atoms with van der Waals surface area (Å²) in [5.41, 5.74) is 1.36. The number of anilines is 1. The van der Waals surface area contributed by atoms with Crippen molar-refractivity contribution in [3.8, 4) is 17.2 Å². The van der Waals surface area contributed by atoms with Crippen LogP contribution in [0.4, 0.5) is 10.5 Å². The van der Waals surface area contributed by atoms with Crippen LogP contribution >= 0.6 is 0 Å². The van der Waals surface area contributed by atoms with Crippen molar-refractivity contribution in [1.29, 1.82) is 0 Å². The summed E-state index contributed by atoms with van der Waals surface area (Å²) in [5.74, 6) is 2.52. The van der Waals surface area contributed by atoms with Crippen molar-refractivity contribution in [2.45, 2.75) is 38.6 Å². The maximum Gasteiger partial charge on any atom is 0.322 e. The summed E-state index contributed by atoms with van der Waals surface area (Å²) in [7, 11) is 4.61. The second kappa shape index (κ2) is 8.41. The molecule has 1 fully saturated rings. The fourth-order valence-corrected chi connectivity index (χ4v) is 3.40. The fraction of sp³-hybridized carbons (Fsp3) is 0.500. The Balaban J connectivity index is 1.80. The normalized spacial score (nSPS) is 16.4. The third-order valence-electron chi connectivity index (χ3n) is 4.89. The van der Waals surface area contributed by atoms with Crippen LogP contribution in [0, 0.1) is 0 Å². The van der Waals surface area contributed by atoms with Crippen LogP contribution in [0.1, 0.15) is 50.1 Å². The van der Waals surface area contributed by atoms with Crippen molar-refractivity contribution in [3.05, 3.63) is 29.7 Å². The highest BCUT2D eigenvalue weighted by Crippen LogP contribution is 2.40. The van der Waals surface area contributed by atoms with E-state index < -0.39 is 0 Å². The van der Waals surface area contributed by atoms with E-state index in [2.05, 4.69) is 10.5 Å². The highest BCUT2D eigenvalue weighted by molar-refractivity contribution is 5.90. The number of methoxy groups -OCH3 is 3. The van der Waals surface area contributed by atoms with Gasteiger partial charge in [-0.25, -0.2) is 4.79 Å². The first-order valence-electron chi connectivity index (χ1n) is 9.32. The van der Waals surface area contributed by atoms with Crippen molar-refractivity contribution in [3.63, 3.8) is 0 Å². The van der Waals surface area contributed by atoms with Crippen LogP contribution in [0.2, 0.25) is 0 Å². The number of carbonyl (C=O) groups excluding carboxylic acids is 1. The predicted octanol–water partition coefficient (Wildman–Crippen LogP) is 4.19. The summed E-state index contributed by atoms with van der Waals surface area (Å²) in [6.45, 7) is 4.76. The minimum atomic E-state index is -0.203. The maximum atomic E-state index is 12.9. The van der Waals surface area contributed by atoms with E-state index in [1.807, 2.05) is 19.9 Å². The van der Waals surface area contributed by atoms with Gasteiger partial charge in [0.25, 0.3) is 0 Å². The topological polar surface area (TPSA) is 86.1 Å². The van der Waals surface area contributed by atoms with Crippen LogP contribution in [0.3, 0.4) is 0 Å². The SMILES string of the molecule is COc1cc(NC(=O)N2CCC[C@H]2c2cc(C(C)C)on2)cc(OC)c1OC. The number of nitrogens with one attached hydrogen (secondary N) is 1. The molecular formula is C20H27N3O5. The number of nitrogens with zero attached hydrogens (tertiary/aromatic N) is 2. The van der Waals surface area contributed by atoms with Gasteiger partial charge in [0.1, 0.15) is 11.5 Å². The largest absolute Gasteiger partial charge is 0.493 e. The lowest BCUT2D eigenvalue weighted by atomic mass is 10.1. The summed E-state index contributed by atoms with van der Waals surface area (Å²) < 4.78 is 21.4. The first kappa shape index (κ1) is 19.9. The number of hydrogen-bond donors (Lipinski definition) is 1. The number of ether oxygens (including phenoxy) is 3. The molecule has 2 heterocycles. The molecule has 8 nitrogen and oxygen atoms in total. The van der Waals surface area contributed by atoms with Crippen LogP contribution in [0.5, 0.6) is 17.2 Å². The Kier molecular flexibility index (Phi) is 5.96. The molecule has 1 aliphatic heterocycles. The van der Waals surface area contributed by atoms with Gasteiger partial charge in [-0.3, -0.25) is 0 Å². The van der Waals surface area contributed by atoms with Gasteiger partial charge in [0.2, 0.25) is 5.75 Å². The lowest BCUT2D eigenvalue weighted by Crippen LogP contribution is -2.34. The molecule has 3 rings (SSSR count). The number of urea groups is 1. The van der Waals surface area contributed by atoms with Gasteiger partial charge < -0.3 is 29.0 Å². The predicted molar refractivity (Wildman–Crippen MR) is 104 cm³/mol. The Morgan fingerprint density at radius 2 is 1.86 bits per heavy atom. The molecule has 28 heavy (non-hydrogen) atoms. The van der Waals surface area contributed by atoms with E-state index in [4.69, 9.17) is 18.7 Å². The van der Waals surface area contributed by atoms with Gasteiger partial charge >= 0.3 is 6.03 Å². The number of benzene rings is 1. The van der Waals surface area contributed by atoms with Crippen molar-refractivity contribution in [2.24, 2.45) is 0 Å². The van der Waals surface area contributed by atoms with Gasteiger partial charge in [0.15, 0.2) is 11.5 Å². The van der Waals surface area contributed by atoms with Gasteiger partial charge in [-0.15, -0.1) is 0 Å². The second-order valence-electron chi connectivity index (χ2n) is 7.00. The van der Waals surface area contributed by atoms with Crippen molar-refractivity contribution < 1.29 is 23.5 Å². The van der Waals surface area contributed by atoms with Gasteiger partial charge in [-0.1, -0.05) is 19.0 Å². The average Bonchev–Trinajstić information content (AvgIpc) is 3.36. The molecule has 2 amide bonds. The Labute approximate surface area is 164 Å². The van der Waals surface area contributed by atoms with Crippen LogP contribution in [0.15, 0.2) is 22.7 Å². The van der Waals surface area contributed by atoms with Crippen LogP contribution in [0.25, 0.3) is 0 Å². The molecule has 8 heteroatoms. The van der Waals surface area contributed by atoms with Gasteiger partial charge in [0, 0.05) is 30.7 Å². The molecule has 0 spiro atoms. The smallest absolute Gasteiger partial charge is 0.322 e. The third-order valence-corrected chi connectivity index (χ3v) is 4.89. The lowest BCUT2D eigenvalue weighted by Gasteiger charge is -2.24. The maximum absolute atomic E-state index is 12.9. The molecule has 1 saturated heterocycles. The summed E-state index contributed by atoms with van der Waals surface area (Å²) in [4.78, 5) is 14.7. The average molecular weight is 389 g/mol. The minimum Gasteiger partial charge on any atom is -0.493 e. The minimum absolute atomic E-state index is 0.0988. The molecule has 1 atom stereocenters. The lowest BCUT2D eigenvalue weighted by molar-refractivity contribution is 0.204. The Morgan fingerprint density at radius 1 is 1.18 bits per heavy atom. The highest BCUT2D eigenvalue weighted by Gasteiger charge is 2.33. The molecule has 2 aromatic rings. The molecule has 0 saturated carbocycles. The first-order valence-corrected chi connectivity index (χ1v) is 9.32. The quantitative estimate of drug-likeness (QED) is 0.797. The summed E-state index contributed by atoms with van der Waals surface area (Å²) in [6.07, 6.45) is 1.77. The molecular weight excluding hydrogens is 362 g/mol. The first-order chi connectivity index (χ1) is 13.5. The number of aromatic nitrogens is 1. The van der Waals surface area contributed by atoms with Gasteiger partial charge in [-0.05, 0) is 12.8 Å². The molecule has 1 N–H and O–H groups in total. The number of hydrogen-bond acceptors (Lipinski definition) is 6. The Morgan fingerprint density at radius 3 is 2.39 bits per heavy atom. The zero-order chi connectivity index (χ0) is 20.3. The van der Waals surface area contributed by atoms with Gasteiger partial charge in [0.05, 0.1) is 33.1 Å². The molecule has 0 unspecified atom stereocenters. The van der Waals surface area contributed by atoms with E-state index in [0.29, 0.717) is 29.5 Å². The van der Waals surface area contributed by atoms with Crippen LogP contribution in [-0.2, 0) is 0 Å². The molecule has 1 aromatic heterocycles. The van der Waals surface area contributed by atoms with Crippen molar-refractivity contribution in [1.82, 2.24) is 10.1 Å². The van der Waals surface area contributed by atoms with E-state index in [1.54, 1.807) is 17.0 Å². The number of carbonyl (C=O) groups is 1. The summed E-state index contributed by atoms with van der Waals surface area (Å²) in [6, 6.07) is 5.05. The van der Waals surface area contributed by atoms with Crippen LogP contribution < -0.4 is 19.5 Å². The van der Waals surface area contributed by atoms with Crippen LogP contribution in [-0.4, -0.2) is 44.0 Å². The molecule has 1 aliphatic rings. The molecule has 152 valence electrons. The number of amides is 2. The fourth-order valence-electron chi connectivity index (χ4n) is 3.40. The zero-order valence-electron chi connectivity index (χ0n) is 16.9. The molecule has 0 bridgehead atoms. The summed E-state index contributed by atoms with van der Waals surface area (Å²) >= 11 is 0. The summed E-state index contributed by atoms with van der Waals surface area (Å²) in [5, 5.41) is 7.11. The standard InChI is InChI=1S/C20H27N3O5/c1-12(2)16-11-14(22-28-16)15-7-6-8-23(15)20(24)21-13-9-17(25-3)19(27-5)18(10-13)26-4/h9-12,15H,6-8H2,1-5H3,(H,21,24)/t15-/m0/s1. The monoisotopic (exact) mass is 389 g/mol. The molecule has 0 aliphatic carbocycles. The number of rotatable bonds is 6. The van der Waals surface area contributed by atoms with E-state index in [-0.39, 0.29) is 18.0 Å². The third kappa shape index (κ3) is 3.85.